The van der Waals surface area contributed by atoms with Crippen molar-refractivity contribution in [3.8, 4) is 0 Å². The van der Waals surface area contributed by atoms with E-state index in [0.29, 0.717) is 6.54 Å². The fourth-order valence-corrected chi connectivity index (χ4v) is 2.71. The molecule has 1 amide bonds. The zero-order valence-electron chi connectivity index (χ0n) is 15.9. The molecular weight excluding hydrogens is 356 g/mol. The molecule has 0 aliphatic carbocycles. The van der Waals surface area contributed by atoms with Crippen molar-refractivity contribution >= 4 is 11.9 Å². The molecule has 0 aliphatic rings. The van der Waals surface area contributed by atoms with Crippen molar-refractivity contribution < 1.29 is 14.3 Å². The molecular formula is C21H22N4O3. The Morgan fingerprint density at radius 2 is 1.71 bits per heavy atom. The Morgan fingerprint density at radius 1 is 1.07 bits per heavy atom. The maximum absolute atomic E-state index is 12.3. The third kappa shape index (κ3) is 4.82. The Labute approximate surface area is 163 Å². The normalized spacial score (nSPS) is 11.6. The number of nitrogens with zero attached hydrogens (tertiary/aromatic N) is 4. The van der Waals surface area contributed by atoms with Gasteiger partial charge in [0.15, 0.2) is 12.3 Å². The number of benzene rings is 2. The molecule has 7 nitrogen and oxygen atoms in total. The number of hydrogen-bond donors (Lipinski definition) is 0. The Morgan fingerprint density at radius 3 is 2.39 bits per heavy atom. The zero-order chi connectivity index (χ0) is 19.9. The lowest BCUT2D eigenvalue weighted by Gasteiger charge is -2.25. The van der Waals surface area contributed by atoms with Gasteiger partial charge in [-0.15, -0.1) is 5.10 Å². The molecule has 0 spiro atoms. The minimum absolute atomic E-state index is 0.0718. The van der Waals surface area contributed by atoms with Gasteiger partial charge in [-0.2, -0.15) is 0 Å². The number of carbonyl (C=O) groups is 2. The van der Waals surface area contributed by atoms with Crippen LogP contribution in [0, 0.1) is 0 Å². The molecule has 0 N–H and O–H groups in total. The number of carbonyl (C=O) groups excluding carboxylic acids is 2. The van der Waals surface area contributed by atoms with E-state index in [-0.39, 0.29) is 24.2 Å². The van der Waals surface area contributed by atoms with Gasteiger partial charge in [0.25, 0.3) is 5.91 Å². The summed E-state index contributed by atoms with van der Waals surface area (Å²) in [6.45, 7) is 2.07. The van der Waals surface area contributed by atoms with Gasteiger partial charge in [-0.25, -0.2) is 9.48 Å². The average molecular weight is 378 g/mol. The Hall–Kier alpha value is -3.48. The molecule has 0 radical (unpaired) electrons. The van der Waals surface area contributed by atoms with Crippen molar-refractivity contribution in [1.29, 1.82) is 0 Å². The highest BCUT2D eigenvalue weighted by Crippen LogP contribution is 2.18. The summed E-state index contributed by atoms with van der Waals surface area (Å²) in [6.07, 6.45) is 1.51. The average Bonchev–Trinajstić information content (AvgIpc) is 3.20. The van der Waals surface area contributed by atoms with Crippen molar-refractivity contribution in [2.45, 2.75) is 19.5 Å². The highest BCUT2D eigenvalue weighted by atomic mass is 16.5. The van der Waals surface area contributed by atoms with E-state index in [2.05, 4.69) is 10.3 Å². The van der Waals surface area contributed by atoms with Gasteiger partial charge in [0, 0.05) is 7.05 Å². The predicted octanol–water partition coefficient (Wildman–Crippen LogP) is 2.70. The van der Waals surface area contributed by atoms with Gasteiger partial charge >= 0.3 is 5.97 Å². The molecule has 1 unspecified atom stereocenters. The van der Waals surface area contributed by atoms with Crippen molar-refractivity contribution in [3.05, 3.63) is 83.7 Å². The van der Waals surface area contributed by atoms with Crippen molar-refractivity contribution in [3.63, 3.8) is 0 Å². The van der Waals surface area contributed by atoms with Gasteiger partial charge in [0.2, 0.25) is 0 Å². The first-order valence-corrected chi connectivity index (χ1v) is 8.96. The largest absolute Gasteiger partial charge is 0.451 e. The van der Waals surface area contributed by atoms with Crippen LogP contribution in [-0.2, 0) is 16.1 Å². The van der Waals surface area contributed by atoms with E-state index in [1.54, 1.807) is 16.6 Å². The smallest absolute Gasteiger partial charge is 0.361 e. The first-order chi connectivity index (χ1) is 13.5. The standard InChI is InChI=1S/C21H22N4O3/c1-16(18-11-7-4-8-12-18)24(2)20(26)15-28-21(27)19-14-25(23-22-19)13-17-9-5-3-6-10-17/h3-12,14,16H,13,15H2,1-2H3. The molecule has 3 rings (SSSR count). The molecule has 0 saturated heterocycles. The number of aromatic nitrogens is 3. The molecule has 144 valence electrons. The second-order valence-electron chi connectivity index (χ2n) is 6.45. The lowest BCUT2D eigenvalue weighted by molar-refractivity contribution is -0.135. The van der Waals surface area contributed by atoms with Crippen LogP contribution in [0.25, 0.3) is 0 Å². The maximum Gasteiger partial charge on any atom is 0.361 e. The summed E-state index contributed by atoms with van der Waals surface area (Å²) in [5, 5.41) is 7.76. The summed E-state index contributed by atoms with van der Waals surface area (Å²) in [6, 6.07) is 19.2. The molecule has 0 fully saturated rings. The lowest BCUT2D eigenvalue weighted by Crippen LogP contribution is -2.33. The fraction of sp³-hybridized carbons (Fsp3) is 0.238. The van der Waals surface area contributed by atoms with Crippen molar-refractivity contribution in [2.75, 3.05) is 13.7 Å². The summed E-state index contributed by atoms with van der Waals surface area (Å²) in [7, 11) is 1.68. The first kappa shape index (κ1) is 19.3. The molecule has 1 heterocycles. The highest BCUT2D eigenvalue weighted by molar-refractivity contribution is 5.89. The highest BCUT2D eigenvalue weighted by Gasteiger charge is 2.20. The molecule has 0 saturated carbocycles. The minimum atomic E-state index is -0.673. The van der Waals surface area contributed by atoms with Crippen LogP contribution < -0.4 is 0 Å². The lowest BCUT2D eigenvalue weighted by atomic mass is 10.1. The third-order valence-corrected chi connectivity index (χ3v) is 4.52. The van der Waals surface area contributed by atoms with Crippen LogP contribution in [0.2, 0.25) is 0 Å². The van der Waals surface area contributed by atoms with Gasteiger partial charge in [-0.05, 0) is 18.1 Å². The number of rotatable bonds is 7. The maximum atomic E-state index is 12.3. The minimum Gasteiger partial charge on any atom is -0.451 e. The Kier molecular flexibility index (Phi) is 6.16. The van der Waals surface area contributed by atoms with Crippen molar-refractivity contribution in [2.24, 2.45) is 0 Å². The van der Waals surface area contributed by atoms with E-state index in [1.807, 2.05) is 67.6 Å². The quantitative estimate of drug-likeness (QED) is 0.591. The van der Waals surface area contributed by atoms with E-state index in [1.165, 1.54) is 6.20 Å². The van der Waals surface area contributed by atoms with Crippen LogP contribution in [0.4, 0.5) is 0 Å². The second kappa shape index (κ2) is 8.94. The van der Waals surface area contributed by atoms with E-state index in [0.717, 1.165) is 11.1 Å². The number of likely N-dealkylation sites (N-methyl/N-ethyl adjacent to an activating group) is 1. The van der Waals surface area contributed by atoms with E-state index in [9.17, 15) is 9.59 Å². The first-order valence-electron chi connectivity index (χ1n) is 8.96. The van der Waals surface area contributed by atoms with E-state index < -0.39 is 5.97 Å². The monoisotopic (exact) mass is 378 g/mol. The number of hydrogen-bond acceptors (Lipinski definition) is 5. The summed E-state index contributed by atoms with van der Waals surface area (Å²) in [4.78, 5) is 26.1. The number of ether oxygens (including phenoxy) is 1. The topological polar surface area (TPSA) is 77.3 Å². The fourth-order valence-electron chi connectivity index (χ4n) is 2.71. The summed E-state index contributed by atoms with van der Waals surface area (Å²) < 4.78 is 6.67. The van der Waals surface area contributed by atoms with Crippen LogP contribution in [0.1, 0.15) is 34.6 Å². The molecule has 1 atom stereocenters. The van der Waals surface area contributed by atoms with Gasteiger partial charge in [-0.1, -0.05) is 65.9 Å². The molecule has 1 aromatic heterocycles. The van der Waals surface area contributed by atoms with Gasteiger partial charge in [-0.3, -0.25) is 4.79 Å². The van der Waals surface area contributed by atoms with Gasteiger partial charge in [0.1, 0.15) is 0 Å². The number of esters is 1. The van der Waals surface area contributed by atoms with Crippen LogP contribution in [0.15, 0.2) is 66.9 Å². The van der Waals surface area contributed by atoms with Crippen LogP contribution >= 0.6 is 0 Å². The van der Waals surface area contributed by atoms with Crippen LogP contribution in [0.3, 0.4) is 0 Å². The second-order valence-corrected chi connectivity index (χ2v) is 6.45. The van der Waals surface area contributed by atoms with E-state index >= 15 is 0 Å². The van der Waals surface area contributed by atoms with Crippen molar-refractivity contribution in [1.82, 2.24) is 19.9 Å². The van der Waals surface area contributed by atoms with E-state index in [4.69, 9.17) is 4.74 Å². The SMILES string of the molecule is CC(c1ccccc1)N(C)C(=O)COC(=O)c1cn(Cc2ccccc2)nn1. The molecule has 28 heavy (non-hydrogen) atoms. The van der Waals surface area contributed by atoms with Gasteiger partial charge in [0.05, 0.1) is 18.8 Å². The Balaban J connectivity index is 1.53. The molecule has 3 aromatic rings. The molecule has 0 aliphatic heterocycles. The zero-order valence-corrected chi connectivity index (χ0v) is 15.9. The molecule has 2 aromatic carbocycles. The summed E-state index contributed by atoms with van der Waals surface area (Å²) in [5.41, 5.74) is 2.12. The molecule has 7 heteroatoms. The van der Waals surface area contributed by atoms with Crippen LogP contribution in [-0.4, -0.2) is 45.4 Å². The Bertz CT molecular complexity index is 925. The third-order valence-electron chi connectivity index (χ3n) is 4.52. The summed E-state index contributed by atoms with van der Waals surface area (Å²) in [5.74, 6) is -0.963. The number of amides is 1. The van der Waals surface area contributed by atoms with Gasteiger partial charge < -0.3 is 9.64 Å². The predicted molar refractivity (Wildman–Crippen MR) is 103 cm³/mol. The molecule has 0 bridgehead atoms. The summed E-state index contributed by atoms with van der Waals surface area (Å²) >= 11 is 0. The van der Waals surface area contributed by atoms with Crippen LogP contribution in [0.5, 0.6) is 0 Å².